The van der Waals surface area contributed by atoms with Crippen LogP contribution in [0, 0.1) is 5.92 Å². The fourth-order valence-corrected chi connectivity index (χ4v) is 5.45. The van der Waals surface area contributed by atoms with E-state index in [9.17, 15) is 4.79 Å². The molecule has 1 aliphatic rings. The fourth-order valence-electron chi connectivity index (χ4n) is 3.27. The van der Waals surface area contributed by atoms with Crippen molar-refractivity contribution in [2.75, 3.05) is 25.6 Å². The van der Waals surface area contributed by atoms with Gasteiger partial charge in [0.1, 0.15) is 4.83 Å². The van der Waals surface area contributed by atoms with Crippen LogP contribution in [0.3, 0.4) is 0 Å². The SMILES string of the molecule is CC(C)CCn1c(SCCOCCO)nc2sc3c(c2c1=O)CCCC3. The molecule has 0 aromatic carbocycles. The first kappa shape index (κ1) is 19.9. The molecule has 0 spiro atoms. The second-order valence-electron chi connectivity index (χ2n) is 7.11. The molecule has 26 heavy (non-hydrogen) atoms. The maximum atomic E-state index is 13.3. The number of hydrogen-bond donors (Lipinski definition) is 1. The summed E-state index contributed by atoms with van der Waals surface area (Å²) in [6.45, 7) is 6.01. The predicted molar refractivity (Wildman–Crippen MR) is 109 cm³/mol. The Hall–Kier alpha value is -0.890. The molecule has 0 fully saturated rings. The molecule has 2 aromatic rings. The lowest BCUT2D eigenvalue weighted by Gasteiger charge is -2.14. The summed E-state index contributed by atoms with van der Waals surface area (Å²) in [7, 11) is 0. The lowest BCUT2D eigenvalue weighted by atomic mass is 9.97. The second-order valence-corrected chi connectivity index (χ2v) is 9.25. The molecule has 1 aliphatic carbocycles. The molecule has 0 atom stereocenters. The zero-order valence-corrected chi connectivity index (χ0v) is 17.3. The van der Waals surface area contributed by atoms with E-state index in [2.05, 4.69) is 13.8 Å². The Kier molecular flexibility index (Phi) is 7.14. The molecule has 0 bridgehead atoms. The average Bonchev–Trinajstić information content (AvgIpc) is 2.99. The highest BCUT2D eigenvalue weighted by Crippen LogP contribution is 2.34. The van der Waals surface area contributed by atoms with E-state index in [1.165, 1.54) is 23.3 Å². The van der Waals surface area contributed by atoms with Crippen LogP contribution in [0.5, 0.6) is 0 Å². The fraction of sp³-hybridized carbons (Fsp3) is 0.684. The molecule has 0 amide bonds. The van der Waals surface area contributed by atoms with Gasteiger partial charge in [-0.2, -0.15) is 0 Å². The molecular formula is C19H28N2O3S2. The smallest absolute Gasteiger partial charge is 0.263 e. The van der Waals surface area contributed by atoms with Gasteiger partial charge in [-0.25, -0.2) is 4.98 Å². The van der Waals surface area contributed by atoms with Gasteiger partial charge in [-0.3, -0.25) is 9.36 Å². The van der Waals surface area contributed by atoms with Crippen molar-refractivity contribution >= 4 is 33.3 Å². The number of aliphatic hydroxyl groups is 1. The van der Waals surface area contributed by atoms with Gasteiger partial charge in [-0.05, 0) is 43.6 Å². The third kappa shape index (κ3) is 4.50. The topological polar surface area (TPSA) is 64.3 Å². The second kappa shape index (κ2) is 9.35. The van der Waals surface area contributed by atoms with E-state index in [1.54, 1.807) is 23.1 Å². The maximum absolute atomic E-state index is 13.3. The number of ether oxygens (including phenoxy) is 1. The Morgan fingerprint density at radius 1 is 1.31 bits per heavy atom. The third-order valence-corrected chi connectivity index (χ3v) is 6.79. The van der Waals surface area contributed by atoms with Crippen molar-refractivity contribution in [2.24, 2.45) is 5.92 Å². The van der Waals surface area contributed by atoms with E-state index in [0.717, 1.165) is 40.4 Å². The number of fused-ring (bicyclic) bond motifs is 3. The summed E-state index contributed by atoms with van der Waals surface area (Å²) in [6, 6.07) is 0. The lowest BCUT2D eigenvalue weighted by Crippen LogP contribution is -2.24. The molecule has 0 unspecified atom stereocenters. The Bertz CT molecular complexity index is 798. The summed E-state index contributed by atoms with van der Waals surface area (Å²) < 4.78 is 7.22. The van der Waals surface area contributed by atoms with Gasteiger partial charge in [-0.15, -0.1) is 11.3 Å². The standard InChI is InChI=1S/C19H28N2O3S2/c1-13(2)7-8-21-18(23)16-14-5-3-4-6-15(14)26-17(16)20-19(21)25-12-11-24-10-9-22/h13,22H,3-12H2,1-2H3. The molecule has 3 rings (SSSR count). The van der Waals surface area contributed by atoms with Crippen molar-refractivity contribution in [3.8, 4) is 0 Å². The van der Waals surface area contributed by atoms with Crippen molar-refractivity contribution in [3.63, 3.8) is 0 Å². The summed E-state index contributed by atoms with van der Waals surface area (Å²) in [5.74, 6) is 1.27. The maximum Gasteiger partial charge on any atom is 0.263 e. The van der Waals surface area contributed by atoms with Crippen LogP contribution in [-0.2, 0) is 24.1 Å². The van der Waals surface area contributed by atoms with Crippen LogP contribution in [0.4, 0.5) is 0 Å². The summed E-state index contributed by atoms with van der Waals surface area (Å²) in [5.41, 5.74) is 1.39. The number of thiophene rings is 1. The van der Waals surface area contributed by atoms with Crippen molar-refractivity contribution in [1.29, 1.82) is 0 Å². The van der Waals surface area contributed by atoms with Crippen molar-refractivity contribution < 1.29 is 9.84 Å². The number of nitrogens with zero attached hydrogens (tertiary/aromatic N) is 2. The van der Waals surface area contributed by atoms with Gasteiger partial charge < -0.3 is 9.84 Å². The van der Waals surface area contributed by atoms with E-state index in [1.807, 2.05) is 4.57 Å². The van der Waals surface area contributed by atoms with E-state index >= 15 is 0 Å². The number of aromatic nitrogens is 2. The minimum Gasteiger partial charge on any atom is -0.394 e. The van der Waals surface area contributed by atoms with Crippen LogP contribution in [0.1, 0.15) is 43.6 Å². The van der Waals surface area contributed by atoms with E-state index < -0.39 is 0 Å². The first-order chi connectivity index (χ1) is 12.6. The largest absolute Gasteiger partial charge is 0.394 e. The molecule has 7 heteroatoms. The summed E-state index contributed by atoms with van der Waals surface area (Å²) in [6.07, 6.45) is 5.44. The Balaban J connectivity index is 1.92. The summed E-state index contributed by atoms with van der Waals surface area (Å²) in [4.78, 5) is 20.4. The van der Waals surface area contributed by atoms with E-state index in [0.29, 0.717) is 25.7 Å². The highest BCUT2D eigenvalue weighted by Gasteiger charge is 2.22. The van der Waals surface area contributed by atoms with Crippen molar-refractivity contribution in [3.05, 3.63) is 20.8 Å². The van der Waals surface area contributed by atoms with E-state index in [4.69, 9.17) is 14.8 Å². The van der Waals surface area contributed by atoms with Gasteiger partial charge in [0.15, 0.2) is 5.16 Å². The van der Waals surface area contributed by atoms with Crippen molar-refractivity contribution in [1.82, 2.24) is 9.55 Å². The van der Waals surface area contributed by atoms with Crippen LogP contribution < -0.4 is 5.56 Å². The van der Waals surface area contributed by atoms with Crippen LogP contribution in [0.25, 0.3) is 10.2 Å². The Morgan fingerprint density at radius 2 is 2.12 bits per heavy atom. The zero-order valence-electron chi connectivity index (χ0n) is 15.6. The molecule has 2 heterocycles. The first-order valence-electron chi connectivity index (χ1n) is 9.48. The minimum absolute atomic E-state index is 0.0364. The molecule has 0 saturated carbocycles. The summed E-state index contributed by atoms with van der Waals surface area (Å²) in [5, 5.41) is 10.5. The monoisotopic (exact) mass is 396 g/mol. The van der Waals surface area contributed by atoms with Crippen LogP contribution in [-0.4, -0.2) is 40.2 Å². The van der Waals surface area contributed by atoms with Crippen LogP contribution in [0.15, 0.2) is 9.95 Å². The van der Waals surface area contributed by atoms with Crippen molar-refractivity contribution in [2.45, 2.75) is 57.7 Å². The molecule has 0 aliphatic heterocycles. The van der Waals surface area contributed by atoms with Gasteiger partial charge in [0.25, 0.3) is 5.56 Å². The molecule has 5 nitrogen and oxygen atoms in total. The number of hydrogen-bond acceptors (Lipinski definition) is 6. The first-order valence-corrected chi connectivity index (χ1v) is 11.3. The summed E-state index contributed by atoms with van der Waals surface area (Å²) >= 11 is 3.28. The van der Waals surface area contributed by atoms with Gasteiger partial charge in [0, 0.05) is 17.2 Å². The number of thioether (sulfide) groups is 1. The minimum atomic E-state index is 0.0364. The molecule has 0 saturated heterocycles. The number of aryl methyl sites for hydroxylation is 2. The van der Waals surface area contributed by atoms with Gasteiger partial charge in [0.05, 0.1) is 25.2 Å². The Labute approximate surface area is 162 Å². The predicted octanol–water partition coefficient (Wildman–Crippen LogP) is 3.48. The molecule has 1 N–H and O–H groups in total. The van der Waals surface area contributed by atoms with Gasteiger partial charge in [0.2, 0.25) is 0 Å². The quantitative estimate of drug-likeness (QED) is 0.399. The van der Waals surface area contributed by atoms with Gasteiger partial charge in [-0.1, -0.05) is 25.6 Å². The molecular weight excluding hydrogens is 368 g/mol. The molecule has 144 valence electrons. The number of aliphatic hydroxyl groups excluding tert-OH is 1. The highest BCUT2D eigenvalue weighted by molar-refractivity contribution is 7.99. The van der Waals surface area contributed by atoms with Crippen LogP contribution in [0.2, 0.25) is 0 Å². The lowest BCUT2D eigenvalue weighted by molar-refractivity contribution is 0.103. The normalized spacial score (nSPS) is 14.3. The van der Waals surface area contributed by atoms with Crippen LogP contribution >= 0.6 is 23.1 Å². The van der Waals surface area contributed by atoms with Gasteiger partial charge >= 0.3 is 0 Å². The third-order valence-electron chi connectivity index (χ3n) is 4.66. The molecule has 0 radical (unpaired) electrons. The molecule has 2 aromatic heterocycles. The number of rotatable bonds is 9. The van der Waals surface area contributed by atoms with E-state index in [-0.39, 0.29) is 12.2 Å². The average molecular weight is 397 g/mol. The highest BCUT2D eigenvalue weighted by atomic mass is 32.2. The zero-order chi connectivity index (χ0) is 18.5. The Morgan fingerprint density at radius 3 is 2.88 bits per heavy atom.